The lowest BCUT2D eigenvalue weighted by Crippen LogP contribution is -2.08. The molecule has 6 heteroatoms. The number of aryl methyl sites for hydroxylation is 2. The summed E-state index contributed by atoms with van der Waals surface area (Å²) in [5.74, 6) is 2.71. The fourth-order valence-electron chi connectivity index (χ4n) is 2.45. The Kier molecular flexibility index (Phi) is 3.35. The van der Waals surface area contributed by atoms with Gasteiger partial charge in [0.2, 0.25) is 0 Å². The van der Waals surface area contributed by atoms with Crippen molar-refractivity contribution in [2.45, 2.75) is 26.8 Å². The number of furan rings is 1. The summed E-state index contributed by atoms with van der Waals surface area (Å²) < 4.78 is 8.29. The molecule has 3 heterocycles. The first-order valence-electron chi connectivity index (χ1n) is 6.35. The molecule has 4 nitrogen and oxygen atoms in total. The van der Waals surface area contributed by atoms with E-state index in [1.807, 2.05) is 35.9 Å². The smallest absolute Gasteiger partial charge is 0.196 e. The monoisotopic (exact) mass is 305 g/mol. The molecule has 0 aliphatic rings. The summed E-state index contributed by atoms with van der Waals surface area (Å²) in [6.07, 6.45) is 0. The number of rotatable bonds is 3. The van der Waals surface area contributed by atoms with E-state index in [0.29, 0.717) is 4.77 Å². The molecule has 3 rings (SSSR count). The lowest BCUT2D eigenvalue weighted by molar-refractivity contribution is 0.494. The van der Waals surface area contributed by atoms with Crippen LogP contribution in [0.25, 0.3) is 10.7 Å². The quantitative estimate of drug-likeness (QED) is 0.725. The van der Waals surface area contributed by atoms with Gasteiger partial charge in [0.1, 0.15) is 11.5 Å². The van der Waals surface area contributed by atoms with Crippen LogP contribution in [0.4, 0.5) is 0 Å². The Morgan fingerprint density at radius 2 is 2.25 bits per heavy atom. The van der Waals surface area contributed by atoms with Crippen LogP contribution in [0.1, 0.15) is 30.0 Å². The van der Waals surface area contributed by atoms with E-state index < -0.39 is 0 Å². The van der Waals surface area contributed by atoms with E-state index in [-0.39, 0.29) is 6.04 Å². The zero-order chi connectivity index (χ0) is 14.3. The van der Waals surface area contributed by atoms with Crippen LogP contribution in [0.3, 0.4) is 0 Å². The zero-order valence-electron chi connectivity index (χ0n) is 11.5. The maximum Gasteiger partial charge on any atom is 0.196 e. The summed E-state index contributed by atoms with van der Waals surface area (Å²) in [5, 5.41) is 9.30. The van der Waals surface area contributed by atoms with Gasteiger partial charge in [-0.1, -0.05) is 6.07 Å². The molecule has 1 unspecified atom stereocenters. The Balaban J connectivity index is 2.13. The predicted octanol–water partition coefficient (Wildman–Crippen LogP) is 4.49. The minimum atomic E-state index is 0.0794. The van der Waals surface area contributed by atoms with Crippen molar-refractivity contribution in [1.29, 1.82) is 0 Å². The second-order valence-corrected chi connectivity index (χ2v) is 6.08. The number of nitrogens with zero attached hydrogens (tertiary/aromatic N) is 2. The summed E-state index contributed by atoms with van der Waals surface area (Å²) in [4.78, 5) is 1.10. The van der Waals surface area contributed by atoms with Gasteiger partial charge in [-0.05, 0) is 50.5 Å². The summed E-state index contributed by atoms with van der Waals surface area (Å²) >= 11 is 7.04. The van der Waals surface area contributed by atoms with E-state index in [1.54, 1.807) is 11.3 Å². The van der Waals surface area contributed by atoms with Crippen molar-refractivity contribution in [3.05, 3.63) is 45.4 Å². The predicted molar refractivity (Wildman–Crippen MR) is 82.7 cm³/mol. The molecule has 20 heavy (non-hydrogen) atoms. The van der Waals surface area contributed by atoms with Crippen LogP contribution < -0.4 is 0 Å². The fraction of sp³-hybridized carbons (Fsp3) is 0.286. The molecule has 0 saturated heterocycles. The Morgan fingerprint density at radius 1 is 1.45 bits per heavy atom. The molecular weight excluding hydrogens is 290 g/mol. The molecule has 0 fully saturated rings. The summed E-state index contributed by atoms with van der Waals surface area (Å²) in [6, 6.07) is 6.20. The number of nitrogens with one attached hydrogen (secondary N) is 1. The van der Waals surface area contributed by atoms with Crippen molar-refractivity contribution < 1.29 is 4.42 Å². The molecule has 0 spiro atoms. The van der Waals surface area contributed by atoms with Gasteiger partial charge in [-0.2, -0.15) is 5.10 Å². The van der Waals surface area contributed by atoms with E-state index in [1.165, 1.54) is 0 Å². The highest BCUT2D eigenvalue weighted by Crippen LogP contribution is 2.30. The van der Waals surface area contributed by atoms with Crippen molar-refractivity contribution in [3.8, 4) is 10.7 Å². The summed E-state index contributed by atoms with van der Waals surface area (Å²) in [5.41, 5.74) is 1.14. The van der Waals surface area contributed by atoms with Gasteiger partial charge in [0, 0.05) is 5.56 Å². The highest BCUT2D eigenvalue weighted by molar-refractivity contribution is 7.71. The van der Waals surface area contributed by atoms with E-state index in [2.05, 4.69) is 23.2 Å². The van der Waals surface area contributed by atoms with Crippen molar-refractivity contribution >= 4 is 23.6 Å². The van der Waals surface area contributed by atoms with Crippen molar-refractivity contribution in [2.75, 3.05) is 0 Å². The van der Waals surface area contributed by atoms with Crippen LogP contribution in [0.2, 0.25) is 0 Å². The van der Waals surface area contributed by atoms with Crippen LogP contribution in [0.5, 0.6) is 0 Å². The largest absolute Gasteiger partial charge is 0.466 e. The third-order valence-electron chi connectivity index (χ3n) is 3.36. The van der Waals surface area contributed by atoms with Gasteiger partial charge in [-0.25, -0.2) is 0 Å². The molecular formula is C14H15N3OS2. The van der Waals surface area contributed by atoms with Gasteiger partial charge in [0.25, 0.3) is 0 Å². The lowest BCUT2D eigenvalue weighted by atomic mass is 10.1. The van der Waals surface area contributed by atoms with Crippen LogP contribution >= 0.6 is 23.6 Å². The third-order valence-corrected chi connectivity index (χ3v) is 4.52. The van der Waals surface area contributed by atoms with Gasteiger partial charge in [-0.3, -0.25) is 9.67 Å². The number of aromatic nitrogens is 3. The first-order valence-corrected chi connectivity index (χ1v) is 7.64. The first-order chi connectivity index (χ1) is 9.58. The average Bonchev–Trinajstić information content (AvgIpc) is 3.08. The van der Waals surface area contributed by atoms with Gasteiger partial charge in [-0.15, -0.1) is 11.3 Å². The second kappa shape index (κ2) is 5.03. The second-order valence-electron chi connectivity index (χ2n) is 4.74. The maximum absolute atomic E-state index is 5.63. The Labute approximate surface area is 126 Å². The molecule has 0 aliphatic carbocycles. The number of thiophene rings is 1. The van der Waals surface area contributed by atoms with Crippen LogP contribution in [-0.4, -0.2) is 14.8 Å². The van der Waals surface area contributed by atoms with E-state index in [9.17, 15) is 0 Å². The zero-order valence-corrected chi connectivity index (χ0v) is 13.1. The molecule has 0 aliphatic heterocycles. The topological polar surface area (TPSA) is 46.8 Å². The van der Waals surface area contributed by atoms with Crippen molar-refractivity contribution in [1.82, 2.24) is 14.8 Å². The molecule has 104 valence electrons. The van der Waals surface area contributed by atoms with Gasteiger partial charge >= 0.3 is 0 Å². The normalized spacial score (nSPS) is 12.8. The SMILES string of the molecule is Cc1cc(C(C)n2c(-c3cccs3)n[nH]c2=S)c(C)o1. The van der Waals surface area contributed by atoms with Gasteiger partial charge in [0.15, 0.2) is 10.6 Å². The average molecular weight is 305 g/mol. The fourth-order valence-corrected chi connectivity index (χ4v) is 3.45. The molecule has 0 amide bonds. The van der Waals surface area contributed by atoms with Crippen molar-refractivity contribution in [2.24, 2.45) is 0 Å². The maximum atomic E-state index is 5.63. The van der Waals surface area contributed by atoms with Crippen LogP contribution in [0, 0.1) is 18.6 Å². The van der Waals surface area contributed by atoms with Crippen LogP contribution in [0.15, 0.2) is 28.0 Å². The standard InChI is InChI=1S/C14H15N3OS2/c1-8-7-11(10(3)18-8)9(2)17-13(15-16-14(17)19)12-5-4-6-20-12/h4-7,9H,1-3H3,(H,16,19). The Bertz CT molecular complexity index is 780. The first kappa shape index (κ1) is 13.3. The molecule has 0 saturated carbocycles. The Morgan fingerprint density at radius 3 is 2.85 bits per heavy atom. The van der Waals surface area contributed by atoms with Gasteiger partial charge in [0.05, 0.1) is 10.9 Å². The molecule has 3 aromatic rings. The number of aromatic amines is 1. The highest BCUT2D eigenvalue weighted by Gasteiger charge is 2.20. The summed E-state index contributed by atoms with van der Waals surface area (Å²) in [7, 11) is 0. The van der Waals surface area contributed by atoms with E-state index in [0.717, 1.165) is 27.8 Å². The van der Waals surface area contributed by atoms with Crippen LogP contribution in [-0.2, 0) is 0 Å². The molecule has 1 N–H and O–H groups in total. The third kappa shape index (κ3) is 2.14. The molecule has 3 aromatic heterocycles. The minimum Gasteiger partial charge on any atom is -0.466 e. The van der Waals surface area contributed by atoms with E-state index in [4.69, 9.17) is 16.6 Å². The van der Waals surface area contributed by atoms with E-state index >= 15 is 0 Å². The number of hydrogen-bond donors (Lipinski definition) is 1. The van der Waals surface area contributed by atoms with Gasteiger partial charge < -0.3 is 4.42 Å². The van der Waals surface area contributed by atoms with Crippen molar-refractivity contribution in [3.63, 3.8) is 0 Å². The summed E-state index contributed by atoms with van der Waals surface area (Å²) in [6.45, 7) is 6.05. The number of hydrogen-bond acceptors (Lipinski definition) is 4. The molecule has 0 aromatic carbocycles. The minimum absolute atomic E-state index is 0.0794. The Hall–Kier alpha value is -1.66. The molecule has 0 bridgehead atoms. The molecule has 1 atom stereocenters. The molecule has 0 radical (unpaired) electrons. The lowest BCUT2D eigenvalue weighted by Gasteiger charge is -2.14. The highest BCUT2D eigenvalue weighted by atomic mass is 32.1. The number of H-pyrrole nitrogens is 1.